The summed E-state index contributed by atoms with van der Waals surface area (Å²) < 4.78 is 6.93. The van der Waals surface area contributed by atoms with Gasteiger partial charge in [-0.2, -0.15) is 10.1 Å². The summed E-state index contributed by atoms with van der Waals surface area (Å²) in [6.45, 7) is 9.86. The average Bonchev–Trinajstić information content (AvgIpc) is 3.29. The van der Waals surface area contributed by atoms with Gasteiger partial charge in [-0.3, -0.25) is 4.79 Å². The molecule has 0 unspecified atom stereocenters. The summed E-state index contributed by atoms with van der Waals surface area (Å²) >= 11 is 0. The third-order valence-electron chi connectivity index (χ3n) is 4.41. The molecule has 27 heavy (non-hydrogen) atoms. The molecule has 0 saturated heterocycles. The van der Waals surface area contributed by atoms with Gasteiger partial charge in [0.25, 0.3) is 11.8 Å². The Kier molecular flexibility index (Phi) is 5.34. The third kappa shape index (κ3) is 3.89. The number of aromatic nitrogens is 5. The van der Waals surface area contributed by atoms with Crippen molar-refractivity contribution in [3.8, 4) is 17.3 Å². The van der Waals surface area contributed by atoms with Crippen LogP contribution >= 0.6 is 0 Å². The van der Waals surface area contributed by atoms with Crippen LogP contribution in [0.1, 0.15) is 61.9 Å². The van der Waals surface area contributed by atoms with Crippen LogP contribution in [0, 0.1) is 6.92 Å². The molecule has 0 aliphatic rings. The van der Waals surface area contributed by atoms with Gasteiger partial charge in [-0.25, -0.2) is 9.67 Å². The summed E-state index contributed by atoms with van der Waals surface area (Å²) in [7, 11) is 0. The first kappa shape index (κ1) is 18.8. The Morgan fingerprint density at radius 1 is 1.26 bits per heavy atom. The highest BCUT2D eigenvalue weighted by atomic mass is 16.5. The van der Waals surface area contributed by atoms with Crippen molar-refractivity contribution in [2.75, 3.05) is 0 Å². The molecule has 0 bridgehead atoms. The average molecular weight is 368 g/mol. The molecule has 0 spiro atoms. The van der Waals surface area contributed by atoms with Gasteiger partial charge < -0.3 is 9.84 Å². The molecule has 0 radical (unpaired) electrons. The fourth-order valence-corrected chi connectivity index (χ4v) is 2.49. The summed E-state index contributed by atoms with van der Waals surface area (Å²) in [5.74, 6) is 1.78. The predicted octanol–water partition coefficient (Wildman–Crippen LogP) is 3.28. The second kappa shape index (κ2) is 7.69. The highest BCUT2D eigenvalue weighted by molar-refractivity contribution is 5.95. The van der Waals surface area contributed by atoms with E-state index in [0.717, 1.165) is 17.7 Å². The van der Waals surface area contributed by atoms with Crippen LogP contribution in [0.4, 0.5) is 0 Å². The van der Waals surface area contributed by atoms with Gasteiger partial charge in [-0.05, 0) is 32.4 Å². The highest BCUT2D eigenvalue weighted by Crippen LogP contribution is 2.21. The molecule has 0 saturated carbocycles. The first-order valence-electron chi connectivity index (χ1n) is 9.06. The number of carbonyl (C=O) groups is 1. The Morgan fingerprint density at radius 2 is 2.04 bits per heavy atom. The maximum atomic E-state index is 12.4. The van der Waals surface area contributed by atoms with E-state index < -0.39 is 0 Å². The molecule has 0 aliphatic carbocycles. The number of hydrogen-bond acceptors (Lipinski definition) is 6. The minimum atomic E-state index is -0.128. The number of amides is 1. The van der Waals surface area contributed by atoms with E-state index in [2.05, 4.69) is 25.5 Å². The van der Waals surface area contributed by atoms with E-state index in [0.29, 0.717) is 23.1 Å². The maximum absolute atomic E-state index is 12.4. The number of rotatable bonds is 6. The molecule has 0 aliphatic heterocycles. The van der Waals surface area contributed by atoms with E-state index in [1.54, 1.807) is 17.1 Å². The van der Waals surface area contributed by atoms with Crippen molar-refractivity contribution in [2.45, 2.75) is 53.0 Å². The molecule has 1 amide bonds. The number of carbonyl (C=O) groups excluding carboxylic acids is 1. The molecular weight excluding hydrogens is 344 g/mol. The molecule has 0 fully saturated rings. The van der Waals surface area contributed by atoms with Gasteiger partial charge in [-0.15, -0.1) is 0 Å². The lowest BCUT2D eigenvalue weighted by Crippen LogP contribution is -2.32. The molecular formula is C19H24N6O2. The van der Waals surface area contributed by atoms with Crippen LogP contribution in [0.3, 0.4) is 0 Å². The van der Waals surface area contributed by atoms with Gasteiger partial charge >= 0.3 is 0 Å². The summed E-state index contributed by atoms with van der Waals surface area (Å²) in [6, 6.07) is 3.77. The summed E-state index contributed by atoms with van der Waals surface area (Å²) in [4.78, 5) is 21.2. The van der Waals surface area contributed by atoms with Crippen LogP contribution in [-0.2, 0) is 0 Å². The van der Waals surface area contributed by atoms with E-state index in [4.69, 9.17) is 4.52 Å². The molecule has 1 atom stereocenters. The quantitative estimate of drug-likeness (QED) is 0.717. The largest absolute Gasteiger partial charge is 0.349 e. The molecule has 8 nitrogen and oxygen atoms in total. The van der Waals surface area contributed by atoms with Gasteiger partial charge in [0.15, 0.2) is 11.6 Å². The Morgan fingerprint density at radius 3 is 2.63 bits per heavy atom. The smallest absolute Gasteiger partial charge is 0.259 e. The second-order valence-electron chi connectivity index (χ2n) is 6.86. The lowest BCUT2D eigenvalue weighted by molar-refractivity contribution is 0.0938. The first-order chi connectivity index (χ1) is 12.9. The fourth-order valence-electron chi connectivity index (χ4n) is 2.49. The lowest BCUT2D eigenvalue weighted by atomic mass is 10.2. The molecule has 8 heteroatoms. The predicted molar refractivity (Wildman–Crippen MR) is 101 cm³/mol. The Labute approximate surface area is 158 Å². The number of hydrogen-bond donors (Lipinski definition) is 1. The molecule has 0 aromatic carbocycles. The highest BCUT2D eigenvalue weighted by Gasteiger charge is 2.17. The third-order valence-corrected chi connectivity index (χ3v) is 4.41. The second-order valence-corrected chi connectivity index (χ2v) is 6.86. The van der Waals surface area contributed by atoms with Crippen LogP contribution in [0.2, 0.25) is 0 Å². The van der Waals surface area contributed by atoms with E-state index in [9.17, 15) is 4.79 Å². The Bertz CT molecular complexity index is 926. The van der Waals surface area contributed by atoms with E-state index >= 15 is 0 Å². The summed E-state index contributed by atoms with van der Waals surface area (Å²) in [6.07, 6.45) is 4.10. The van der Waals surface area contributed by atoms with Gasteiger partial charge in [-0.1, -0.05) is 25.9 Å². The number of pyridine rings is 1. The Balaban J connectivity index is 1.82. The molecule has 1 N–H and O–H groups in total. The van der Waals surface area contributed by atoms with E-state index in [-0.39, 0.29) is 17.9 Å². The van der Waals surface area contributed by atoms with Crippen LogP contribution in [-0.4, -0.2) is 36.9 Å². The van der Waals surface area contributed by atoms with E-state index in [1.807, 2.05) is 46.8 Å². The van der Waals surface area contributed by atoms with Crippen molar-refractivity contribution in [3.05, 3.63) is 41.6 Å². The van der Waals surface area contributed by atoms with Gasteiger partial charge in [0.2, 0.25) is 0 Å². The molecule has 3 aromatic rings. The van der Waals surface area contributed by atoms with E-state index in [1.165, 1.54) is 0 Å². The monoisotopic (exact) mass is 368 g/mol. The van der Waals surface area contributed by atoms with Crippen molar-refractivity contribution in [1.82, 2.24) is 30.2 Å². The van der Waals surface area contributed by atoms with Gasteiger partial charge in [0.05, 0.1) is 23.0 Å². The normalized spacial score (nSPS) is 12.4. The molecule has 3 aromatic heterocycles. The number of nitrogens with one attached hydrogen (secondary N) is 1. The lowest BCUT2D eigenvalue weighted by Gasteiger charge is -2.11. The first-order valence-corrected chi connectivity index (χ1v) is 9.06. The van der Waals surface area contributed by atoms with Gasteiger partial charge in [0, 0.05) is 18.2 Å². The minimum Gasteiger partial charge on any atom is -0.349 e. The SMILES string of the molecule is CC[C@@H](C)NC(=O)c1cnn(-c2ccc(-c3nc(C(C)C)no3)cn2)c1C. The number of nitrogens with zero attached hydrogens (tertiary/aromatic N) is 5. The zero-order chi connectivity index (χ0) is 19.6. The van der Waals surface area contributed by atoms with Crippen molar-refractivity contribution >= 4 is 5.91 Å². The zero-order valence-corrected chi connectivity index (χ0v) is 16.2. The van der Waals surface area contributed by atoms with Crippen molar-refractivity contribution < 1.29 is 9.32 Å². The standard InChI is InChI=1S/C19H24N6O2/c1-6-12(4)22-18(26)15-10-21-25(13(15)5)16-8-7-14(9-20-16)19-23-17(11(2)3)24-27-19/h7-12H,6H2,1-5H3,(H,22,26)/t12-/m1/s1. The van der Waals surface area contributed by atoms with Gasteiger partial charge in [0.1, 0.15) is 0 Å². The molecule has 142 valence electrons. The molecule has 3 heterocycles. The van der Waals surface area contributed by atoms with Crippen molar-refractivity contribution in [1.29, 1.82) is 0 Å². The van der Waals surface area contributed by atoms with Crippen molar-refractivity contribution in [2.24, 2.45) is 0 Å². The zero-order valence-electron chi connectivity index (χ0n) is 16.2. The van der Waals surface area contributed by atoms with Crippen LogP contribution < -0.4 is 5.32 Å². The fraction of sp³-hybridized carbons (Fsp3) is 0.421. The summed E-state index contributed by atoms with van der Waals surface area (Å²) in [5, 5.41) is 11.2. The van der Waals surface area contributed by atoms with Crippen LogP contribution in [0.15, 0.2) is 29.0 Å². The van der Waals surface area contributed by atoms with Crippen LogP contribution in [0.5, 0.6) is 0 Å². The van der Waals surface area contributed by atoms with Crippen molar-refractivity contribution in [3.63, 3.8) is 0 Å². The van der Waals surface area contributed by atoms with Crippen LogP contribution in [0.25, 0.3) is 17.3 Å². The molecule has 3 rings (SSSR count). The topological polar surface area (TPSA) is 98.7 Å². The summed E-state index contributed by atoms with van der Waals surface area (Å²) in [5.41, 5.74) is 2.01. The Hall–Kier alpha value is -3.03. The minimum absolute atomic E-state index is 0.114. The maximum Gasteiger partial charge on any atom is 0.259 e.